The van der Waals surface area contributed by atoms with Gasteiger partial charge in [-0.05, 0) is 107 Å². The van der Waals surface area contributed by atoms with Gasteiger partial charge in [-0.1, -0.05) is 68.3 Å². The Morgan fingerprint density at radius 1 is 0.952 bits per heavy atom. The summed E-state index contributed by atoms with van der Waals surface area (Å²) in [5.41, 5.74) is 9.72. The molecule has 4 aromatic rings. The molecule has 0 amide bonds. The standard InChI is InChI=1S/C20H25N3O.C14H21N.C3H6/c1-4-11-24-19-10-8-15(12-14(19)5-2)16-7-9-17-18(13-16)23-20(22-17)21-6-3;1-5-14(12(4)11(2)3)15-13-9-7-6-8-10-13;1-3-2/h7-10,12-13H,4-6,11H2,1-3H3,(H2,21,22,23);6-10,14-15H,5H2,1-4H3;3H,1H2,2H3. The second-order valence-electron chi connectivity index (χ2n) is 10.4. The molecule has 0 aliphatic rings. The molecule has 0 fully saturated rings. The van der Waals surface area contributed by atoms with E-state index in [0.29, 0.717) is 6.04 Å². The summed E-state index contributed by atoms with van der Waals surface area (Å²) < 4.78 is 5.84. The van der Waals surface area contributed by atoms with E-state index in [1.54, 1.807) is 6.08 Å². The summed E-state index contributed by atoms with van der Waals surface area (Å²) in [6.45, 7) is 22.0. The topological polar surface area (TPSA) is 62.0 Å². The van der Waals surface area contributed by atoms with E-state index >= 15 is 0 Å². The fourth-order valence-corrected chi connectivity index (χ4v) is 4.43. The Morgan fingerprint density at radius 3 is 2.21 bits per heavy atom. The smallest absolute Gasteiger partial charge is 0.201 e. The number of hydrogen-bond acceptors (Lipinski definition) is 4. The van der Waals surface area contributed by atoms with Crippen LogP contribution in [0.2, 0.25) is 0 Å². The van der Waals surface area contributed by atoms with Crippen molar-refractivity contribution in [3.8, 4) is 16.9 Å². The first kappa shape index (κ1) is 34.2. The van der Waals surface area contributed by atoms with Crippen LogP contribution in [0.5, 0.6) is 5.75 Å². The Bertz CT molecular complexity index is 1380. The highest BCUT2D eigenvalue weighted by Crippen LogP contribution is 2.29. The van der Waals surface area contributed by atoms with E-state index in [0.717, 1.165) is 55.1 Å². The van der Waals surface area contributed by atoms with Crippen molar-refractivity contribution >= 4 is 22.7 Å². The summed E-state index contributed by atoms with van der Waals surface area (Å²) >= 11 is 0. The van der Waals surface area contributed by atoms with Gasteiger partial charge in [0, 0.05) is 18.3 Å². The molecule has 0 aliphatic heterocycles. The van der Waals surface area contributed by atoms with E-state index in [2.05, 4.69) is 136 Å². The second-order valence-corrected chi connectivity index (χ2v) is 10.4. The van der Waals surface area contributed by atoms with Crippen molar-refractivity contribution < 1.29 is 4.74 Å². The third-order valence-electron chi connectivity index (χ3n) is 6.90. The molecule has 5 nitrogen and oxygen atoms in total. The third kappa shape index (κ3) is 10.4. The van der Waals surface area contributed by atoms with Gasteiger partial charge in [0.25, 0.3) is 0 Å². The predicted octanol–water partition coefficient (Wildman–Crippen LogP) is 10.4. The minimum absolute atomic E-state index is 0.456. The molecular formula is C37H52N4O. The summed E-state index contributed by atoms with van der Waals surface area (Å²) in [7, 11) is 0. The number of nitrogens with one attached hydrogen (secondary N) is 3. The molecule has 1 atom stereocenters. The first-order valence-electron chi connectivity index (χ1n) is 15.3. The van der Waals surface area contributed by atoms with Crippen LogP contribution in [0.1, 0.15) is 73.8 Å². The molecule has 0 spiro atoms. The van der Waals surface area contributed by atoms with Gasteiger partial charge in [0.05, 0.1) is 17.6 Å². The summed E-state index contributed by atoms with van der Waals surface area (Å²) in [6.07, 6.45) is 4.85. The number of nitrogens with zero attached hydrogens (tertiary/aromatic N) is 1. The average molecular weight is 569 g/mol. The summed E-state index contributed by atoms with van der Waals surface area (Å²) in [4.78, 5) is 7.86. The Kier molecular flexibility index (Phi) is 15.0. The zero-order valence-electron chi connectivity index (χ0n) is 27.1. The molecule has 0 radical (unpaired) electrons. The van der Waals surface area contributed by atoms with Crippen molar-refractivity contribution in [1.82, 2.24) is 9.97 Å². The number of aromatic amines is 1. The first-order valence-corrected chi connectivity index (χ1v) is 15.3. The van der Waals surface area contributed by atoms with Gasteiger partial charge >= 0.3 is 0 Å². The molecule has 3 aromatic carbocycles. The number of fused-ring (bicyclic) bond motifs is 1. The lowest BCUT2D eigenvalue weighted by molar-refractivity contribution is 0.314. The highest BCUT2D eigenvalue weighted by atomic mass is 16.5. The summed E-state index contributed by atoms with van der Waals surface area (Å²) in [6, 6.07) is 23.6. The number of ether oxygens (including phenoxy) is 1. The zero-order valence-corrected chi connectivity index (χ0v) is 27.1. The van der Waals surface area contributed by atoms with E-state index in [-0.39, 0.29) is 0 Å². The molecule has 1 unspecified atom stereocenters. The van der Waals surface area contributed by atoms with Gasteiger partial charge in [0.1, 0.15) is 5.75 Å². The number of anilines is 2. The number of aryl methyl sites for hydroxylation is 1. The molecule has 0 bridgehead atoms. The average Bonchev–Trinajstić information content (AvgIpc) is 3.41. The van der Waals surface area contributed by atoms with Crippen LogP contribution in [0.25, 0.3) is 22.2 Å². The molecule has 1 aromatic heterocycles. The second kappa shape index (κ2) is 18.4. The lowest BCUT2D eigenvalue weighted by Gasteiger charge is -2.20. The molecule has 4 rings (SSSR count). The maximum absolute atomic E-state index is 5.84. The van der Waals surface area contributed by atoms with Gasteiger partial charge in [-0.3, -0.25) is 0 Å². The largest absolute Gasteiger partial charge is 0.493 e. The van der Waals surface area contributed by atoms with Crippen molar-refractivity contribution in [1.29, 1.82) is 0 Å². The fourth-order valence-electron chi connectivity index (χ4n) is 4.43. The van der Waals surface area contributed by atoms with Crippen molar-refractivity contribution in [2.45, 2.75) is 80.7 Å². The number of H-pyrrole nitrogens is 1. The van der Waals surface area contributed by atoms with E-state index in [9.17, 15) is 0 Å². The lowest BCUT2D eigenvalue weighted by atomic mass is 10.0. The molecular weight excluding hydrogens is 516 g/mol. The van der Waals surface area contributed by atoms with Crippen molar-refractivity contribution in [3.63, 3.8) is 0 Å². The zero-order chi connectivity index (χ0) is 30.9. The van der Waals surface area contributed by atoms with Crippen molar-refractivity contribution in [3.05, 3.63) is 96.1 Å². The van der Waals surface area contributed by atoms with Crippen LogP contribution in [0.15, 0.2) is 90.5 Å². The van der Waals surface area contributed by atoms with Gasteiger partial charge in [0.15, 0.2) is 0 Å². The van der Waals surface area contributed by atoms with Crippen LogP contribution in [0, 0.1) is 0 Å². The van der Waals surface area contributed by atoms with Gasteiger partial charge in [-0.25, -0.2) is 4.98 Å². The minimum atomic E-state index is 0.456. The molecule has 3 N–H and O–H groups in total. The molecule has 0 saturated carbocycles. The van der Waals surface area contributed by atoms with E-state index in [4.69, 9.17) is 4.74 Å². The molecule has 42 heavy (non-hydrogen) atoms. The highest BCUT2D eigenvalue weighted by Gasteiger charge is 2.09. The SMILES string of the molecule is C=CC.CCC(Nc1ccccc1)C(C)=C(C)C.CCCOc1ccc(-c2ccc3nc(NCC)[nH]c3c2)cc1CC. The van der Waals surface area contributed by atoms with Crippen molar-refractivity contribution in [2.75, 3.05) is 23.8 Å². The number of benzene rings is 3. The Morgan fingerprint density at radius 2 is 1.62 bits per heavy atom. The Labute approximate surface area is 254 Å². The summed E-state index contributed by atoms with van der Waals surface area (Å²) in [5.74, 6) is 1.82. The van der Waals surface area contributed by atoms with Crippen LogP contribution >= 0.6 is 0 Å². The van der Waals surface area contributed by atoms with Crippen LogP contribution in [-0.4, -0.2) is 29.2 Å². The Balaban J connectivity index is 0.000000294. The molecule has 0 aliphatic carbocycles. The molecule has 226 valence electrons. The van der Waals surface area contributed by atoms with Gasteiger partial charge in [0.2, 0.25) is 5.95 Å². The van der Waals surface area contributed by atoms with Gasteiger partial charge in [-0.2, -0.15) is 0 Å². The van der Waals surface area contributed by atoms with Crippen LogP contribution in [0.4, 0.5) is 11.6 Å². The third-order valence-corrected chi connectivity index (χ3v) is 6.90. The number of hydrogen-bond donors (Lipinski definition) is 3. The number of allylic oxidation sites excluding steroid dienone is 2. The maximum Gasteiger partial charge on any atom is 0.201 e. The monoisotopic (exact) mass is 568 g/mol. The fraction of sp³-hybridized carbons (Fsp3) is 0.378. The normalized spacial score (nSPS) is 10.9. The highest BCUT2D eigenvalue weighted by molar-refractivity contribution is 5.83. The van der Waals surface area contributed by atoms with E-state index < -0.39 is 0 Å². The number of para-hydroxylation sites is 1. The van der Waals surface area contributed by atoms with Crippen molar-refractivity contribution in [2.24, 2.45) is 0 Å². The quantitative estimate of drug-likeness (QED) is 0.158. The lowest BCUT2D eigenvalue weighted by Crippen LogP contribution is -2.20. The maximum atomic E-state index is 5.84. The number of rotatable bonds is 11. The van der Waals surface area contributed by atoms with Crippen LogP contribution in [0.3, 0.4) is 0 Å². The van der Waals surface area contributed by atoms with Crippen LogP contribution < -0.4 is 15.4 Å². The molecule has 0 saturated heterocycles. The number of imidazole rings is 1. The molecule has 5 heteroatoms. The van der Waals surface area contributed by atoms with E-state index in [1.807, 2.05) is 13.0 Å². The first-order chi connectivity index (χ1) is 20.3. The predicted molar refractivity (Wildman–Crippen MR) is 185 cm³/mol. The summed E-state index contributed by atoms with van der Waals surface area (Å²) in [5, 5.41) is 6.77. The number of aromatic nitrogens is 2. The minimum Gasteiger partial charge on any atom is -0.493 e. The van der Waals surface area contributed by atoms with Gasteiger partial charge in [-0.15, -0.1) is 6.58 Å². The Hall–Kier alpha value is -3.99. The van der Waals surface area contributed by atoms with Crippen LogP contribution in [-0.2, 0) is 6.42 Å². The van der Waals surface area contributed by atoms with E-state index in [1.165, 1.54) is 33.5 Å². The van der Waals surface area contributed by atoms with Gasteiger partial charge < -0.3 is 20.4 Å². The molecule has 1 heterocycles.